The van der Waals surface area contributed by atoms with Crippen LogP contribution in [-0.2, 0) is 0 Å². The normalized spacial score (nSPS) is 9.61. The maximum Gasteiger partial charge on any atom is 0.454 e. The summed E-state index contributed by atoms with van der Waals surface area (Å²) in [6.07, 6.45) is -4.82. The van der Waals surface area contributed by atoms with Crippen LogP contribution in [0.4, 0.5) is 13.2 Å². The summed E-state index contributed by atoms with van der Waals surface area (Å²) in [5.41, 5.74) is 0.262. The fourth-order valence-electron chi connectivity index (χ4n) is 0.966. The van der Waals surface area contributed by atoms with Gasteiger partial charge in [-0.05, 0) is 19.1 Å². The molecule has 0 spiro atoms. The molecule has 1 nitrogen and oxygen atoms in total. The predicted molar refractivity (Wildman–Crippen MR) is 72.0 cm³/mol. The number of alkyl halides is 3. The van der Waals surface area contributed by atoms with Crippen LogP contribution in [0.3, 0.4) is 0 Å². The highest BCUT2D eigenvalue weighted by atomic mass is 79.9. The van der Waals surface area contributed by atoms with Gasteiger partial charge in [-0.3, -0.25) is 4.79 Å². The van der Waals surface area contributed by atoms with Crippen LogP contribution in [0.1, 0.15) is 43.6 Å². The molecule has 0 heterocycles. The number of halogens is 4. The van der Waals surface area contributed by atoms with Crippen molar-refractivity contribution < 1.29 is 18.0 Å². The monoisotopic (exact) mass is 326 g/mol. The fourth-order valence-corrected chi connectivity index (χ4v) is 1.39. The Morgan fingerprint density at radius 2 is 1.56 bits per heavy atom. The van der Waals surface area contributed by atoms with Gasteiger partial charge in [0, 0.05) is 10.0 Å². The second-order valence-electron chi connectivity index (χ2n) is 2.81. The largest absolute Gasteiger partial charge is 0.454 e. The lowest BCUT2D eigenvalue weighted by Crippen LogP contribution is -2.23. The smallest absolute Gasteiger partial charge is 0.284 e. The van der Waals surface area contributed by atoms with Crippen molar-refractivity contribution in [2.24, 2.45) is 0 Å². The number of carbonyl (C=O) groups is 1. The molecular formula is C13H18BrF3O. The Balaban J connectivity index is 0. The first-order valence-electron chi connectivity index (χ1n) is 5.70. The van der Waals surface area contributed by atoms with Gasteiger partial charge < -0.3 is 0 Å². The molecule has 0 amide bonds. The summed E-state index contributed by atoms with van der Waals surface area (Å²) < 4.78 is 36.4. The first-order chi connectivity index (χ1) is 8.32. The molecule has 0 aliphatic carbocycles. The molecule has 1 rings (SSSR count). The second kappa shape index (κ2) is 9.14. The van der Waals surface area contributed by atoms with Crippen LogP contribution < -0.4 is 0 Å². The van der Waals surface area contributed by atoms with Crippen LogP contribution in [0.5, 0.6) is 0 Å². The van der Waals surface area contributed by atoms with Gasteiger partial charge in [0.2, 0.25) is 0 Å². The molecule has 104 valence electrons. The Labute approximate surface area is 115 Å². The van der Waals surface area contributed by atoms with E-state index in [1.165, 1.54) is 12.1 Å². The minimum Gasteiger partial charge on any atom is -0.284 e. The van der Waals surface area contributed by atoms with E-state index in [4.69, 9.17) is 0 Å². The van der Waals surface area contributed by atoms with E-state index in [1.54, 1.807) is 13.0 Å². The molecule has 1 aromatic carbocycles. The van der Waals surface area contributed by atoms with Crippen LogP contribution >= 0.6 is 15.9 Å². The third kappa shape index (κ3) is 6.19. The number of carbonyl (C=O) groups excluding carboxylic acids is 1. The summed E-state index contributed by atoms with van der Waals surface area (Å²) in [5.74, 6) is -1.83. The molecule has 0 bridgehead atoms. The Morgan fingerprint density at radius 1 is 1.11 bits per heavy atom. The molecule has 1 aromatic rings. The summed E-state index contributed by atoms with van der Waals surface area (Å²) in [4.78, 5) is 10.9. The zero-order valence-electron chi connectivity index (χ0n) is 11.2. The molecule has 18 heavy (non-hydrogen) atoms. The average molecular weight is 327 g/mol. The molecule has 0 aliphatic rings. The summed E-state index contributed by atoms with van der Waals surface area (Å²) in [5, 5.41) is 0. The zero-order chi connectivity index (χ0) is 14.9. The van der Waals surface area contributed by atoms with Gasteiger partial charge in [-0.25, -0.2) is 0 Å². The minimum atomic E-state index is -4.82. The first-order valence-corrected chi connectivity index (χ1v) is 6.49. The van der Waals surface area contributed by atoms with Gasteiger partial charge in [0.15, 0.2) is 0 Å². The molecule has 0 aromatic heterocycles. The number of ketones is 1. The molecule has 0 aliphatic heterocycles. The second-order valence-corrected chi connectivity index (χ2v) is 3.66. The van der Waals surface area contributed by atoms with E-state index in [9.17, 15) is 18.0 Å². The zero-order valence-corrected chi connectivity index (χ0v) is 12.7. The molecular weight excluding hydrogens is 309 g/mol. The van der Waals surface area contributed by atoms with Crippen molar-refractivity contribution in [3.8, 4) is 0 Å². The highest BCUT2D eigenvalue weighted by molar-refractivity contribution is 9.10. The topological polar surface area (TPSA) is 17.1 Å². The van der Waals surface area contributed by atoms with E-state index in [1.807, 2.05) is 27.7 Å². The number of rotatable bonds is 1. The summed E-state index contributed by atoms with van der Waals surface area (Å²) in [6, 6.07) is 4.26. The van der Waals surface area contributed by atoms with Crippen molar-refractivity contribution in [3.63, 3.8) is 0 Å². The van der Waals surface area contributed by atoms with Crippen molar-refractivity contribution in [1.82, 2.24) is 0 Å². The Hall–Kier alpha value is -0.840. The van der Waals surface area contributed by atoms with Crippen LogP contribution in [0.2, 0.25) is 0 Å². The van der Waals surface area contributed by atoms with Crippen molar-refractivity contribution in [3.05, 3.63) is 33.8 Å². The lowest BCUT2D eigenvalue weighted by Gasteiger charge is -2.07. The molecule has 0 saturated carbocycles. The number of Topliss-reactive ketones (excluding diaryl/α,β-unsaturated/α-hetero) is 1. The van der Waals surface area contributed by atoms with Gasteiger partial charge in [-0.15, -0.1) is 0 Å². The third-order valence-corrected chi connectivity index (χ3v) is 2.32. The van der Waals surface area contributed by atoms with Gasteiger partial charge in [0.25, 0.3) is 5.78 Å². The number of aryl methyl sites for hydroxylation is 1. The molecule has 0 saturated heterocycles. The Morgan fingerprint density at radius 3 is 1.94 bits per heavy atom. The predicted octanol–water partition coefficient (Wildman–Crippen LogP) is 5.55. The fraction of sp³-hybridized carbons (Fsp3) is 0.462. The van der Waals surface area contributed by atoms with E-state index in [0.29, 0.717) is 5.56 Å². The van der Waals surface area contributed by atoms with Crippen molar-refractivity contribution in [2.75, 3.05) is 0 Å². The lowest BCUT2D eigenvalue weighted by atomic mass is 10.1. The van der Waals surface area contributed by atoms with Crippen LogP contribution in [-0.4, -0.2) is 12.0 Å². The molecule has 0 N–H and O–H groups in total. The Bertz CT molecular complexity index is 373. The summed E-state index contributed by atoms with van der Waals surface area (Å²) in [6.45, 7) is 9.62. The highest BCUT2D eigenvalue weighted by Gasteiger charge is 2.40. The van der Waals surface area contributed by atoms with E-state index >= 15 is 0 Å². The van der Waals surface area contributed by atoms with E-state index in [-0.39, 0.29) is 10.0 Å². The highest BCUT2D eigenvalue weighted by Crippen LogP contribution is 2.27. The molecule has 0 fully saturated rings. The van der Waals surface area contributed by atoms with Gasteiger partial charge in [0.05, 0.1) is 0 Å². The van der Waals surface area contributed by atoms with Crippen molar-refractivity contribution in [2.45, 2.75) is 40.8 Å². The first kappa shape index (κ1) is 19.5. The standard InChI is InChI=1S/C9H6BrF3O.2C2H6/c1-5-2-3-7(10)6(4-5)8(14)9(11,12)13;2*1-2/h2-4H,1H3;2*1-2H3. The average Bonchev–Trinajstić information content (AvgIpc) is 2.35. The van der Waals surface area contributed by atoms with E-state index in [0.717, 1.165) is 0 Å². The Kier molecular flexibility index (Phi) is 9.90. The van der Waals surface area contributed by atoms with Crippen molar-refractivity contribution in [1.29, 1.82) is 0 Å². The maximum absolute atomic E-state index is 12.1. The molecule has 0 unspecified atom stereocenters. The van der Waals surface area contributed by atoms with Crippen LogP contribution in [0, 0.1) is 6.92 Å². The van der Waals surface area contributed by atoms with Crippen LogP contribution in [0.15, 0.2) is 22.7 Å². The van der Waals surface area contributed by atoms with E-state index < -0.39 is 12.0 Å². The SMILES string of the molecule is CC.CC.Cc1ccc(Br)c(C(=O)C(F)(F)F)c1. The lowest BCUT2D eigenvalue weighted by molar-refractivity contribution is -0.0885. The van der Waals surface area contributed by atoms with Gasteiger partial charge in [0.1, 0.15) is 0 Å². The van der Waals surface area contributed by atoms with Gasteiger partial charge in [-0.1, -0.05) is 55.3 Å². The van der Waals surface area contributed by atoms with E-state index in [2.05, 4.69) is 15.9 Å². The number of hydrogen-bond donors (Lipinski definition) is 0. The number of hydrogen-bond acceptors (Lipinski definition) is 1. The van der Waals surface area contributed by atoms with Gasteiger partial charge >= 0.3 is 6.18 Å². The third-order valence-electron chi connectivity index (χ3n) is 1.62. The minimum absolute atomic E-state index is 0.158. The van der Waals surface area contributed by atoms with Crippen LogP contribution in [0.25, 0.3) is 0 Å². The summed E-state index contributed by atoms with van der Waals surface area (Å²) >= 11 is 2.90. The number of benzene rings is 1. The molecule has 5 heteroatoms. The van der Waals surface area contributed by atoms with Gasteiger partial charge in [-0.2, -0.15) is 13.2 Å². The summed E-state index contributed by atoms with van der Waals surface area (Å²) in [7, 11) is 0. The molecule has 0 radical (unpaired) electrons. The maximum atomic E-state index is 12.1. The van der Waals surface area contributed by atoms with Crippen molar-refractivity contribution >= 4 is 21.7 Å². The molecule has 0 atom stereocenters. The quantitative estimate of drug-likeness (QED) is 0.618.